The molecular weight excluding hydrogens is 346 g/mol. The maximum atomic E-state index is 11.7. The van der Waals surface area contributed by atoms with Crippen LogP contribution in [0.4, 0.5) is 0 Å². The highest BCUT2D eigenvalue weighted by molar-refractivity contribution is 9.10. The fraction of sp³-hybridized carbons (Fsp3) is 0.385. The molecule has 0 aliphatic carbocycles. The van der Waals surface area contributed by atoms with Crippen molar-refractivity contribution < 1.29 is 19.4 Å². The first-order valence-corrected chi connectivity index (χ1v) is 7.62. The third-order valence-electron chi connectivity index (χ3n) is 2.50. The van der Waals surface area contributed by atoms with Crippen LogP contribution in [0.2, 0.25) is 0 Å². The van der Waals surface area contributed by atoms with Crippen LogP contribution in [-0.4, -0.2) is 42.5 Å². The van der Waals surface area contributed by atoms with Crippen molar-refractivity contribution >= 4 is 39.6 Å². The van der Waals surface area contributed by atoms with Crippen molar-refractivity contribution in [2.24, 2.45) is 0 Å². The largest absolute Gasteiger partial charge is 0.467 e. The number of thioether (sulfide) groups is 1. The second-order valence-electron chi connectivity index (χ2n) is 4.02. The molecule has 20 heavy (non-hydrogen) atoms. The molecule has 0 aliphatic rings. The van der Waals surface area contributed by atoms with Crippen LogP contribution in [0.1, 0.15) is 5.56 Å². The molecule has 0 heterocycles. The number of aliphatic hydroxyl groups excluding tert-OH is 1. The summed E-state index contributed by atoms with van der Waals surface area (Å²) in [6, 6.07) is 4.77. The van der Waals surface area contributed by atoms with Gasteiger partial charge in [0.05, 0.1) is 19.5 Å². The van der Waals surface area contributed by atoms with Crippen LogP contribution in [0.25, 0.3) is 0 Å². The Morgan fingerprint density at radius 3 is 2.75 bits per heavy atom. The van der Waals surface area contributed by atoms with Gasteiger partial charge in [0, 0.05) is 9.37 Å². The Morgan fingerprint density at radius 1 is 1.50 bits per heavy atom. The van der Waals surface area contributed by atoms with Gasteiger partial charge in [0.2, 0.25) is 5.91 Å². The van der Waals surface area contributed by atoms with Crippen LogP contribution in [0.3, 0.4) is 0 Å². The van der Waals surface area contributed by atoms with Gasteiger partial charge in [0.25, 0.3) is 0 Å². The molecule has 1 aromatic carbocycles. The molecule has 1 rings (SSSR count). The molecule has 0 bridgehead atoms. The van der Waals surface area contributed by atoms with Gasteiger partial charge in [-0.2, -0.15) is 0 Å². The van der Waals surface area contributed by atoms with Gasteiger partial charge in [0.1, 0.15) is 0 Å². The van der Waals surface area contributed by atoms with Crippen molar-refractivity contribution in [1.29, 1.82) is 0 Å². The minimum atomic E-state index is -1.01. The summed E-state index contributed by atoms with van der Waals surface area (Å²) in [6.07, 6.45) is 0. The van der Waals surface area contributed by atoms with Crippen LogP contribution >= 0.6 is 27.7 Å². The van der Waals surface area contributed by atoms with Gasteiger partial charge in [-0.05, 0) is 30.7 Å². The summed E-state index contributed by atoms with van der Waals surface area (Å²) in [7, 11) is 1.21. The molecule has 0 aromatic heterocycles. The summed E-state index contributed by atoms with van der Waals surface area (Å²) in [4.78, 5) is 23.9. The van der Waals surface area contributed by atoms with E-state index >= 15 is 0 Å². The lowest BCUT2D eigenvalue weighted by Gasteiger charge is -2.13. The van der Waals surface area contributed by atoms with Crippen molar-refractivity contribution in [3.63, 3.8) is 0 Å². The highest BCUT2D eigenvalue weighted by Crippen LogP contribution is 2.25. The van der Waals surface area contributed by atoms with Gasteiger partial charge in [-0.15, -0.1) is 11.8 Å². The van der Waals surface area contributed by atoms with Gasteiger partial charge >= 0.3 is 5.97 Å². The first-order chi connectivity index (χ1) is 9.47. The number of hydrogen-bond donors (Lipinski definition) is 2. The minimum Gasteiger partial charge on any atom is -0.467 e. The van der Waals surface area contributed by atoms with E-state index in [4.69, 9.17) is 5.11 Å². The molecule has 0 saturated carbocycles. The average Bonchev–Trinajstić information content (AvgIpc) is 2.43. The summed E-state index contributed by atoms with van der Waals surface area (Å²) in [5, 5.41) is 11.4. The number of carbonyl (C=O) groups excluding carboxylic acids is 2. The molecule has 1 atom stereocenters. The standard InChI is InChI=1S/C13H16BrNO4S/c1-8-5-9(14)3-4-11(8)20-7-12(17)15-10(6-16)13(18)19-2/h3-5,10,16H,6-7H2,1-2H3,(H,15,17). The Kier molecular flexibility index (Phi) is 7.04. The van der Waals surface area contributed by atoms with E-state index in [0.29, 0.717) is 0 Å². The number of carbonyl (C=O) groups is 2. The lowest BCUT2D eigenvalue weighted by atomic mass is 10.2. The van der Waals surface area contributed by atoms with Crippen LogP contribution in [0.15, 0.2) is 27.6 Å². The lowest BCUT2D eigenvalue weighted by molar-refractivity contribution is -0.145. The smallest absolute Gasteiger partial charge is 0.330 e. The number of halogens is 1. The molecule has 0 fully saturated rings. The van der Waals surface area contributed by atoms with Gasteiger partial charge in [-0.1, -0.05) is 15.9 Å². The predicted octanol–water partition coefficient (Wildman–Crippen LogP) is 1.50. The Bertz CT molecular complexity index is 495. The van der Waals surface area contributed by atoms with E-state index in [1.807, 2.05) is 25.1 Å². The Hall–Kier alpha value is -1.05. The molecule has 5 nitrogen and oxygen atoms in total. The molecule has 0 spiro atoms. The van der Waals surface area contributed by atoms with Crippen LogP contribution in [0, 0.1) is 6.92 Å². The Labute approximate surface area is 130 Å². The van der Waals surface area contributed by atoms with Crippen molar-refractivity contribution in [1.82, 2.24) is 5.32 Å². The van der Waals surface area contributed by atoms with Gasteiger partial charge in [-0.3, -0.25) is 4.79 Å². The summed E-state index contributed by atoms with van der Waals surface area (Å²) < 4.78 is 5.45. The van der Waals surface area contributed by atoms with Crippen LogP contribution in [-0.2, 0) is 14.3 Å². The van der Waals surface area contributed by atoms with E-state index in [0.717, 1.165) is 14.9 Å². The lowest BCUT2D eigenvalue weighted by Crippen LogP contribution is -2.44. The van der Waals surface area contributed by atoms with Crippen LogP contribution < -0.4 is 5.32 Å². The van der Waals surface area contributed by atoms with Gasteiger partial charge in [-0.25, -0.2) is 4.79 Å². The summed E-state index contributed by atoms with van der Waals surface area (Å²) in [5.74, 6) is -0.830. The normalized spacial score (nSPS) is 11.8. The zero-order valence-corrected chi connectivity index (χ0v) is 13.6. The maximum Gasteiger partial charge on any atom is 0.330 e. The van der Waals surface area contributed by atoms with E-state index < -0.39 is 18.6 Å². The fourth-order valence-corrected chi connectivity index (χ4v) is 2.77. The third-order valence-corrected chi connectivity index (χ3v) is 4.17. The van der Waals surface area contributed by atoms with E-state index in [-0.39, 0.29) is 11.7 Å². The van der Waals surface area contributed by atoms with E-state index in [2.05, 4.69) is 26.0 Å². The second-order valence-corrected chi connectivity index (χ2v) is 5.96. The number of nitrogens with one attached hydrogen (secondary N) is 1. The molecule has 7 heteroatoms. The first kappa shape index (κ1) is 17.0. The third kappa shape index (κ3) is 5.15. The fourth-order valence-electron chi connectivity index (χ4n) is 1.48. The molecular formula is C13H16BrNO4S. The number of methoxy groups -OCH3 is 1. The number of amides is 1. The minimum absolute atomic E-state index is 0.163. The molecule has 0 radical (unpaired) electrons. The number of ether oxygens (including phenoxy) is 1. The van der Waals surface area contributed by atoms with Crippen molar-refractivity contribution in [2.45, 2.75) is 17.9 Å². The predicted molar refractivity (Wildman–Crippen MR) is 80.6 cm³/mol. The number of esters is 1. The number of rotatable bonds is 6. The van der Waals surface area contributed by atoms with Crippen molar-refractivity contribution in [3.05, 3.63) is 28.2 Å². The van der Waals surface area contributed by atoms with Gasteiger partial charge < -0.3 is 15.2 Å². The molecule has 1 aromatic rings. The van der Waals surface area contributed by atoms with E-state index in [9.17, 15) is 9.59 Å². The van der Waals surface area contributed by atoms with Crippen LogP contribution in [0.5, 0.6) is 0 Å². The number of hydrogen-bond acceptors (Lipinski definition) is 5. The summed E-state index contributed by atoms with van der Waals surface area (Å²) in [6.45, 7) is 1.47. The number of benzene rings is 1. The zero-order valence-electron chi connectivity index (χ0n) is 11.2. The first-order valence-electron chi connectivity index (χ1n) is 5.85. The average molecular weight is 362 g/mol. The number of aryl methyl sites for hydroxylation is 1. The van der Waals surface area contributed by atoms with Gasteiger partial charge in [0.15, 0.2) is 6.04 Å². The highest BCUT2D eigenvalue weighted by atomic mass is 79.9. The zero-order chi connectivity index (χ0) is 15.1. The molecule has 2 N–H and O–H groups in total. The second kappa shape index (κ2) is 8.28. The highest BCUT2D eigenvalue weighted by Gasteiger charge is 2.20. The molecule has 0 aliphatic heterocycles. The SMILES string of the molecule is COC(=O)C(CO)NC(=O)CSc1ccc(Br)cc1C. The van der Waals surface area contributed by atoms with Crippen molar-refractivity contribution in [2.75, 3.05) is 19.5 Å². The molecule has 1 amide bonds. The Morgan fingerprint density at radius 2 is 2.20 bits per heavy atom. The molecule has 110 valence electrons. The van der Waals surface area contributed by atoms with E-state index in [1.54, 1.807) is 0 Å². The Balaban J connectivity index is 2.52. The molecule has 1 unspecified atom stereocenters. The summed E-state index contributed by atoms with van der Waals surface area (Å²) >= 11 is 4.74. The summed E-state index contributed by atoms with van der Waals surface area (Å²) in [5.41, 5.74) is 1.06. The maximum absolute atomic E-state index is 11.7. The molecule has 0 saturated heterocycles. The van der Waals surface area contributed by atoms with Crippen molar-refractivity contribution in [3.8, 4) is 0 Å². The topological polar surface area (TPSA) is 75.6 Å². The van der Waals surface area contributed by atoms with E-state index in [1.165, 1.54) is 18.9 Å². The number of aliphatic hydroxyl groups is 1. The quantitative estimate of drug-likeness (QED) is 0.593. The monoisotopic (exact) mass is 361 g/mol.